The lowest BCUT2D eigenvalue weighted by Crippen LogP contribution is -2.43. The normalized spacial score (nSPS) is 15.0. The molecule has 0 bridgehead atoms. The fourth-order valence-electron chi connectivity index (χ4n) is 1.52. The van der Waals surface area contributed by atoms with Crippen LogP contribution in [0.2, 0.25) is 0 Å². The van der Waals surface area contributed by atoms with Gasteiger partial charge in [-0.2, -0.15) is 0 Å². The maximum absolute atomic E-state index is 11.6. The number of nitrogen functional groups attached to an aromatic ring is 1. The van der Waals surface area contributed by atoms with Crippen LogP contribution in [0.5, 0.6) is 0 Å². The lowest BCUT2D eigenvalue weighted by molar-refractivity contribution is -0.139. The van der Waals surface area contributed by atoms with Gasteiger partial charge in [-0.3, -0.25) is 4.79 Å². The molecule has 1 atom stereocenters. The zero-order valence-electron chi connectivity index (χ0n) is 10.4. The number of sulfone groups is 1. The molecule has 3 N–H and O–H groups in total. The number of aryl methyl sites for hydroxylation is 1. The molecule has 0 fully saturated rings. The molecule has 0 aliphatic rings. The molecule has 1 aromatic carbocycles. The number of hydrogen-bond acceptors (Lipinski definition) is 4. The summed E-state index contributed by atoms with van der Waals surface area (Å²) < 4.78 is 21.4. The highest BCUT2D eigenvalue weighted by molar-refractivity contribution is 7.92. The Morgan fingerprint density at radius 3 is 2.22 bits per heavy atom. The molecule has 0 spiro atoms. The van der Waals surface area contributed by atoms with Gasteiger partial charge in [0.1, 0.15) is 0 Å². The molecule has 0 saturated carbocycles. The SMILES string of the molecule is CC(CCc1ccc(N)cc1)(C(=O)O)S(C)(=O)=O. The Morgan fingerprint density at radius 2 is 1.83 bits per heavy atom. The molecule has 0 radical (unpaired) electrons. The molecule has 0 aliphatic carbocycles. The van der Waals surface area contributed by atoms with Crippen LogP contribution in [0, 0.1) is 0 Å². The molecule has 1 rings (SSSR count). The maximum Gasteiger partial charge on any atom is 0.324 e. The third kappa shape index (κ3) is 3.01. The van der Waals surface area contributed by atoms with Gasteiger partial charge in [-0.15, -0.1) is 0 Å². The molecule has 100 valence electrons. The Labute approximate surface area is 107 Å². The molecule has 1 unspecified atom stereocenters. The summed E-state index contributed by atoms with van der Waals surface area (Å²) in [4.78, 5) is 11.1. The van der Waals surface area contributed by atoms with Gasteiger partial charge in [0.25, 0.3) is 0 Å². The van der Waals surface area contributed by atoms with E-state index in [-0.39, 0.29) is 6.42 Å². The molecule has 6 heteroatoms. The molecular weight excluding hydrogens is 254 g/mol. The van der Waals surface area contributed by atoms with Crippen molar-refractivity contribution in [3.8, 4) is 0 Å². The predicted molar refractivity (Wildman–Crippen MR) is 70.1 cm³/mol. The molecule has 0 amide bonds. The average molecular weight is 271 g/mol. The topological polar surface area (TPSA) is 97.5 Å². The van der Waals surface area contributed by atoms with Gasteiger partial charge in [0, 0.05) is 11.9 Å². The van der Waals surface area contributed by atoms with Crippen molar-refractivity contribution in [1.29, 1.82) is 0 Å². The van der Waals surface area contributed by atoms with Crippen molar-refractivity contribution in [2.75, 3.05) is 12.0 Å². The standard InChI is InChI=1S/C12H17NO4S/c1-12(11(14)15,18(2,16)17)8-7-9-3-5-10(13)6-4-9/h3-6H,7-8,13H2,1-2H3,(H,14,15). The van der Waals surface area contributed by atoms with Crippen molar-refractivity contribution in [3.63, 3.8) is 0 Å². The van der Waals surface area contributed by atoms with Crippen LogP contribution in [0.1, 0.15) is 18.9 Å². The zero-order chi connectivity index (χ0) is 14.0. The Morgan fingerprint density at radius 1 is 1.33 bits per heavy atom. The Kier molecular flexibility index (Phi) is 4.01. The van der Waals surface area contributed by atoms with E-state index in [9.17, 15) is 13.2 Å². The minimum absolute atomic E-state index is 0.0328. The predicted octanol–water partition coefficient (Wildman–Crippen LogP) is 1.09. The number of hydrogen-bond donors (Lipinski definition) is 2. The van der Waals surface area contributed by atoms with Crippen molar-refractivity contribution in [3.05, 3.63) is 29.8 Å². The summed E-state index contributed by atoms with van der Waals surface area (Å²) in [5.41, 5.74) is 7.01. The molecule has 0 aromatic heterocycles. The first-order chi connectivity index (χ1) is 8.17. The summed E-state index contributed by atoms with van der Waals surface area (Å²) in [7, 11) is -3.67. The van der Waals surface area contributed by atoms with Gasteiger partial charge in [-0.1, -0.05) is 12.1 Å². The van der Waals surface area contributed by atoms with Crippen LogP contribution in [-0.4, -0.2) is 30.5 Å². The van der Waals surface area contributed by atoms with Crippen molar-refractivity contribution in [2.24, 2.45) is 0 Å². The van der Waals surface area contributed by atoms with Crippen LogP contribution in [0.3, 0.4) is 0 Å². The molecule has 5 nitrogen and oxygen atoms in total. The third-order valence-corrected chi connectivity index (χ3v) is 5.16. The van der Waals surface area contributed by atoms with Gasteiger partial charge >= 0.3 is 5.97 Å². The smallest absolute Gasteiger partial charge is 0.324 e. The molecule has 0 aliphatic heterocycles. The summed E-state index contributed by atoms with van der Waals surface area (Å²) in [6.07, 6.45) is 1.35. The van der Waals surface area contributed by atoms with E-state index in [1.54, 1.807) is 24.3 Å². The minimum Gasteiger partial charge on any atom is -0.480 e. The van der Waals surface area contributed by atoms with Crippen LogP contribution >= 0.6 is 0 Å². The van der Waals surface area contributed by atoms with Gasteiger partial charge in [0.2, 0.25) is 0 Å². The van der Waals surface area contributed by atoms with E-state index in [4.69, 9.17) is 10.8 Å². The lowest BCUT2D eigenvalue weighted by atomic mass is 10.0. The molecule has 1 aromatic rings. The number of carboxylic acids is 1. The first kappa shape index (κ1) is 14.5. The monoisotopic (exact) mass is 271 g/mol. The number of anilines is 1. The first-order valence-corrected chi connectivity index (χ1v) is 7.33. The van der Waals surface area contributed by atoms with E-state index in [2.05, 4.69) is 0 Å². The fraction of sp³-hybridized carbons (Fsp3) is 0.417. The number of benzene rings is 1. The largest absolute Gasteiger partial charge is 0.480 e. The van der Waals surface area contributed by atoms with E-state index in [0.717, 1.165) is 11.8 Å². The van der Waals surface area contributed by atoms with Crippen molar-refractivity contribution in [1.82, 2.24) is 0 Å². The quantitative estimate of drug-likeness (QED) is 0.781. The van der Waals surface area contributed by atoms with Gasteiger partial charge < -0.3 is 10.8 Å². The van der Waals surface area contributed by atoms with Crippen LogP contribution in [0.4, 0.5) is 5.69 Å². The second-order valence-electron chi connectivity index (χ2n) is 4.55. The molecular formula is C12H17NO4S. The molecule has 0 heterocycles. The van der Waals surface area contributed by atoms with E-state index in [0.29, 0.717) is 12.1 Å². The van der Waals surface area contributed by atoms with Gasteiger partial charge in [-0.05, 0) is 37.5 Å². The summed E-state index contributed by atoms with van der Waals surface area (Å²) in [5.74, 6) is -1.32. The molecule has 0 saturated heterocycles. The van der Waals surface area contributed by atoms with E-state index >= 15 is 0 Å². The van der Waals surface area contributed by atoms with Gasteiger partial charge in [-0.25, -0.2) is 8.42 Å². The minimum atomic E-state index is -3.67. The average Bonchev–Trinajstić information content (AvgIpc) is 2.26. The van der Waals surface area contributed by atoms with Crippen LogP contribution < -0.4 is 5.73 Å². The number of rotatable bonds is 5. The number of carbonyl (C=O) groups is 1. The Balaban J connectivity index is 2.88. The lowest BCUT2D eigenvalue weighted by Gasteiger charge is -2.22. The summed E-state index contributed by atoms with van der Waals surface area (Å²) in [5, 5.41) is 9.09. The highest BCUT2D eigenvalue weighted by atomic mass is 32.2. The van der Waals surface area contributed by atoms with Gasteiger partial charge in [0.15, 0.2) is 14.6 Å². The second-order valence-corrected chi connectivity index (χ2v) is 7.00. The third-order valence-electron chi connectivity index (χ3n) is 3.14. The summed E-state index contributed by atoms with van der Waals surface area (Å²) >= 11 is 0. The van der Waals surface area contributed by atoms with Gasteiger partial charge in [0.05, 0.1) is 0 Å². The molecule has 18 heavy (non-hydrogen) atoms. The number of aliphatic carboxylic acids is 1. The highest BCUT2D eigenvalue weighted by Gasteiger charge is 2.43. The highest BCUT2D eigenvalue weighted by Crippen LogP contribution is 2.23. The summed E-state index contributed by atoms with van der Waals surface area (Å²) in [6, 6.07) is 6.93. The van der Waals surface area contributed by atoms with E-state index < -0.39 is 20.6 Å². The Hall–Kier alpha value is -1.56. The summed E-state index contributed by atoms with van der Waals surface area (Å²) in [6.45, 7) is 1.24. The number of carboxylic acid groups (broad SMARTS) is 1. The van der Waals surface area contributed by atoms with Crippen molar-refractivity contribution in [2.45, 2.75) is 24.5 Å². The van der Waals surface area contributed by atoms with E-state index in [1.807, 2.05) is 0 Å². The Bertz CT molecular complexity index is 536. The second kappa shape index (κ2) is 4.97. The maximum atomic E-state index is 11.6. The van der Waals surface area contributed by atoms with Crippen molar-refractivity contribution < 1.29 is 18.3 Å². The van der Waals surface area contributed by atoms with Crippen LogP contribution in [0.15, 0.2) is 24.3 Å². The number of nitrogens with two attached hydrogens (primary N) is 1. The van der Waals surface area contributed by atoms with E-state index in [1.165, 1.54) is 6.92 Å². The first-order valence-electron chi connectivity index (χ1n) is 5.44. The fourth-order valence-corrected chi connectivity index (χ4v) is 2.31. The van der Waals surface area contributed by atoms with Crippen LogP contribution in [0.25, 0.3) is 0 Å². The van der Waals surface area contributed by atoms with Crippen molar-refractivity contribution >= 4 is 21.5 Å². The zero-order valence-corrected chi connectivity index (χ0v) is 11.2. The van der Waals surface area contributed by atoms with Crippen LogP contribution in [-0.2, 0) is 21.1 Å².